The van der Waals surface area contributed by atoms with Gasteiger partial charge in [0.1, 0.15) is 0 Å². The molecule has 0 aliphatic carbocycles. The molecule has 0 amide bonds. The molecule has 0 bridgehead atoms. The molecular formula is C22H39N. The average Bonchev–Trinajstić information content (AvgIpc) is 2.31. The molecule has 1 unspecified atom stereocenters. The van der Waals surface area contributed by atoms with Gasteiger partial charge in [0.05, 0.1) is 0 Å². The fourth-order valence-corrected chi connectivity index (χ4v) is 4.57. The van der Waals surface area contributed by atoms with E-state index in [9.17, 15) is 0 Å². The maximum atomic E-state index is 2.76. The smallest absolute Gasteiger partial charge is 0.0381 e. The van der Waals surface area contributed by atoms with E-state index < -0.39 is 0 Å². The molecule has 1 heteroatoms. The van der Waals surface area contributed by atoms with Crippen molar-refractivity contribution in [2.24, 2.45) is 11.3 Å². The van der Waals surface area contributed by atoms with Crippen LogP contribution in [0.3, 0.4) is 0 Å². The van der Waals surface area contributed by atoms with E-state index in [1.165, 1.54) is 12.0 Å². The third-order valence-corrected chi connectivity index (χ3v) is 4.39. The van der Waals surface area contributed by atoms with Crippen LogP contribution in [0.2, 0.25) is 0 Å². The molecule has 1 aromatic carbocycles. The predicted octanol–water partition coefficient (Wildman–Crippen LogP) is 6.70. The number of hydrogen-bond acceptors (Lipinski definition) is 1. The van der Waals surface area contributed by atoms with E-state index in [1.807, 2.05) is 0 Å². The summed E-state index contributed by atoms with van der Waals surface area (Å²) in [5.74, 6) is 0.566. The van der Waals surface area contributed by atoms with Gasteiger partial charge in [-0.15, -0.1) is 0 Å². The monoisotopic (exact) mass is 317 g/mol. The van der Waals surface area contributed by atoms with Gasteiger partial charge in [0.25, 0.3) is 0 Å². The molecule has 0 aromatic heterocycles. The fourth-order valence-electron chi connectivity index (χ4n) is 4.57. The molecule has 0 aliphatic heterocycles. The first-order valence-electron chi connectivity index (χ1n) is 9.10. The highest BCUT2D eigenvalue weighted by Crippen LogP contribution is 2.43. The van der Waals surface area contributed by atoms with E-state index in [0.29, 0.717) is 17.4 Å². The van der Waals surface area contributed by atoms with Gasteiger partial charge in [0.2, 0.25) is 0 Å². The first-order valence-corrected chi connectivity index (χ1v) is 9.10. The quantitative estimate of drug-likeness (QED) is 0.584. The van der Waals surface area contributed by atoms with Crippen LogP contribution in [0.5, 0.6) is 0 Å². The zero-order valence-corrected chi connectivity index (χ0v) is 17.2. The van der Waals surface area contributed by atoms with Crippen molar-refractivity contribution in [1.82, 2.24) is 4.90 Å². The summed E-state index contributed by atoms with van der Waals surface area (Å²) in [4.78, 5) is 2.76. The normalized spacial score (nSPS) is 15.3. The van der Waals surface area contributed by atoms with Crippen molar-refractivity contribution in [2.45, 2.75) is 92.8 Å². The van der Waals surface area contributed by atoms with E-state index in [0.717, 1.165) is 0 Å². The van der Waals surface area contributed by atoms with Crippen LogP contribution < -0.4 is 0 Å². The summed E-state index contributed by atoms with van der Waals surface area (Å²) in [6.45, 7) is 23.7. The summed E-state index contributed by atoms with van der Waals surface area (Å²) in [7, 11) is 0. The number of nitrogens with zero attached hydrogens (tertiary/aromatic N) is 1. The molecule has 0 saturated heterocycles. The van der Waals surface area contributed by atoms with Gasteiger partial charge in [-0.2, -0.15) is 0 Å². The van der Waals surface area contributed by atoms with Crippen molar-refractivity contribution in [1.29, 1.82) is 0 Å². The Bertz CT molecular complexity index is 471. The van der Waals surface area contributed by atoms with E-state index >= 15 is 0 Å². The molecule has 0 N–H and O–H groups in total. The van der Waals surface area contributed by atoms with Gasteiger partial charge in [-0.3, -0.25) is 4.90 Å². The Morgan fingerprint density at radius 3 is 1.65 bits per heavy atom. The molecule has 132 valence electrons. The molecule has 1 rings (SSSR count). The third kappa shape index (κ3) is 5.64. The molecule has 0 aliphatic rings. The second-order valence-electron chi connectivity index (χ2n) is 10.2. The van der Waals surface area contributed by atoms with Crippen molar-refractivity contribution < 1.29 is 0 Å². The molecule has 1 nitrogen and oxygen atoms in total. The van der Waals surface area contributed by atoms with Crippen LogP contribution in [0.25, 0.3) is 0 Å². The Morgan fingerprint density at radius 2 is 1.30 bits per heavy atom. The lowest BCUT2D eigenvalue weighted by Crippen LogP contribution is -2.57. The van der Waals surface area contributed by atoms with Crippen molar-refractivity contribution >= 4 is 0 Å². The Morgan fingerprint density at radius 1 is 0.826 bits per heavy atom. The summed E-state index contributed by atoms with van der Waals surface area (Å²) >= 11 is 0. The third-order valence-electron chi connectivity index (χ3n) is 4.39. The van der Waals surface area contributed by atoms with Crippen molar-refractivity contribution in [2.75, 3.05) is 0 Å². The highest BCUT2D eigenvalue weighted by molar-refractivity contribution is 5.21. The molecular weight excluding hydrogens is 278 g/mol. The first-order chi connectivity index (χ1) is 10.3. The van der Waals surface area contributed by atoms with Crippen LogP contribution in [-0.2, 0) is 0 Å². The zero-order valence-electron chi connectivity index (χ0n) is 17.2. The van der Waals surface area contributed by atoms with E-state index in [1.54, 1.807) is 0 Å². The maximum Gasteiger partial charge on any atom is 0.0381 e. The molecule has 0 fully saturated rings. The van der Waals surface area contributed by atoms with Crippen LogP contribution in [0.4, 0.5) is 0 Å². The van der Waals surface area contributed by atoms with E-state index in [4.69, 9.17) is 0 Å². The van der Waals surface area contributed by atoms with Crippen molar-refractivity contribution in [3.8, 4) is 0 Å². The molecule has 0 spiro atoms. The molecule has 1 aromatic rings. The Balaban J connectivity index is 3.39. The largest absolute Gasteiger partial charge is 0.286 e. The standard InChI is InChI=1S/C22H39N/c1-17(2)19(18-14-12-11-13-15-18)23(21(6,7)8)22(9,10)16-20(3,4)5/h11-15,17,19H,16H2,1-10H3. The summed E-state index contributed by atoms with van der Waals surface area (Å²) < 4.78 is 0. The Labute approximate surface area is 145 Å². The Kier molecular flexibility index (Phi) is 6.13. The summed E-state index contributed by atoms with van der Waals surface area (Å²) in [5.41, 5.74) is 1.98. The number of benzene rings is 1. The van der Waals surface area contributed by atoms with E-state index in [2.05, 4.69) is 104 Å². The summed E-state index contributed by atoms with van der Waals surface area (Å²) in [5, 5.41) is 0. The molecule has 0 saturated carbocycles. The van der Waals surface area contributed by atoms with Gasteiger partial charge in [-0.25, -0.2) is 0 Å². The highest BCUT2D eigenvalue weighted by atomic mass is 15.3. The molecule has 1 atom stereocenters. The van der Waals surface area contributed by atoms with Gasteiger partial charge in [0, 0.05) is 17.1 Å². The first kappa shape index (κ1) is 20.2. The van der Waals surface area contributed by atoms with Crippen LogP contribution in [0.15, 0.2) is 30.3 Å². The SMILES string of the molecule is CC(C)C(c1ccccc1)N(C(C)(C)C)C(C)(C)CC(C)(C)C. The average molecular weight is 318 g/mol. The van der Waals surface area contributed by atoms with Gasteiger partial charge >= 0.3 is 0 Å². The van der Waals surface area contributed by atoms with Crippen LogP contribution in [0, 0.1) is 11.3 Å². The second kappa shape index (κ2) is 6.97. The number of hydrogen-bond donors (Lipinski definition) is 0. The highest BCUT2D eigenvalue weighted by Gasteiger charge is 2.43. The van der Waals surface area contributed by atoms with Gasteiger partial charge in [0.15, 0.2) is 0 Å². The summed E-state index contributed by atoms with van der Waals surface area (Å²) in [6, 6.07) is 11.5. The van der Waals surface area contributed by atoms with Crippen molar-refractivity contribution in [3.63, 3.8) is 0 Å². The Hall–Kier alpha value is -0.820. The maximum absolute atomic E-state index is 2.76. The minimum Gasteiger partial charge on any atom is -0.286 e. The topological polar surface area (TPSA) is 3.24 Å². The lowest BCUT2D eigenvalue weighted by atomic mass is 9.76. The minimum absolute atomic E-state index is 0.111. The molecule has 23 heavy (non-hydrogen) atoms. The van der Waals surface area contributed by atoms with Crippen LogP contribution in [-0.4, -0.2) is 16.0 Å². The second-order valence-corrected chi connectivity index (χ2v) is 10.2. The fraction of sp³-hybridized carbons (Fsp3) is 0.727. The molecule has 0 heterocycles. The molecule has 0 radical (unpaired) electrons. The van der Waals surface area contributed by atoms with Crippen molar-refractivity contribution in [3.05, 3.63) is 35.9 Å². The lowest BCUT2D eigenvalue weighted by Gasteiger charge is -2.54. The number of rotatable bonds is 5. The van der Waals surface area contributed by atoms with Gasteiger partial charge < -0.3 is 0 Å². The van der Waals surface area contributed by atoms with Gasteiger partial charge in [-0.05, 0) is 57.9 Å². The van der Waals surface area contributed by atoms with Crippen LogP contribution >= 0.6 is 0 Å². The predicted molar refractivity (Wildman–Crippen MR) is 104 cm³/mol. The lowest BCUT2D eigenvalue weighted by molar-refractivity contribution is -0.0511. The zero-order chi connectivity index (χ0) is 18.1. The van der Waals surface area contributed by atoms with E-state index in [-0.39, 0.29) is 11.1 Å². The van der Waals surface area contributed by atoms with Crippen LogP contribution in [0.1, 0.15) is 87.3 Å². The summed E-state index contributed by atoms with van der Waals surface area (Å²) in [6.07, 6.45) is 1.17. The van der Waals surface area contributed by atoms with Gasteiger partial charge in [-0.1, -0.05) is 65.0 Å². The minimum atomic E-state index is 0.111.